The second-order valence-electron chi connectivity index (χ2n) is 4.81. The Kier molecular flexibility index (Phi) is 3.31. The number of ether oxygens (including phenoxy) is 1. The van der Waals surface area contributed by atoms with Crippen molar-refractivity contribution in [3.63, 3.8) is 0 Å². The van der Waals surface area contributed by atoms with E-state index in [0.717, 1.165) is 25.2 Å². The normalized spacial score (nSPS) is 13.6. The van der Waals surface area contributed by atoms with Crippen LogP contribution < -0.4 is 4.74 Å². The molecule has 1 aliphatic carbocycles. The minimum Gasteiger partial charge on any atom is -0.494 e. The lowest BCUT2D eigenvalue weighted by Crippen LogP contribution is -2.00. The maximum absolute atomic E-state index is 5.80. The Morgan fingerprint density at radius 2 is 2.17 bits per heavy atom. The average molecular weight is 242 g/mol. The molecule has 0 fully saturated rings. The van der Waals surface area contributed by atoms with Gasteiger partial charge >= 0.3 is 0 Å². The third kappa shape index (κ3) is 2.55. The fraction of sp³-hybridized carbons (Fsp3) is 0.400. The summed E-state index contributed by atoms with van der Waals surface area (Å²) in [5.74, 6) is 1.01. The van der Waals surface area contributed by atoms with E-state index in [1.54, 1.807) is 6.33 Å². The van der Waals surface area contributed by atoms with E-state index in [-0.39, 0.29) is 0 Å². The van der Waals surface area contributed by atoms with Crippen molar-refractivity contribution < 1.29 is 4.74 Å². The van der Waals surface area contributed by atoms with Crippen LogP contribution in [0.5, 0.6) is 5.75 Å². The summed E-state index contributed by atoms with van der Waals surface area (Å²) in [5, 5.41) is 0. The van der Waals surface area contributed by atoms with Crippen molar-refractivity contribution in [1.82, 2.24) is 9.97 Å². The van der Waals surface area contributed by atoms with Crippen LogP contribution in [0.3, 0.4) is 0 Å². The molecule has 0 radical (unpaired) electrons. The summed E-state index contributed by atoms with van der Waals surface area (Å²) in [6.45, 7) is 0.762. The summed E-state index contributed by atoms with van der Waals surface area (Å²) in [6.07, 6.45) is 9.32. The summed E-state index contributed by atoms with van der Waals surface area (Å²) in [5.41, 5.74) is 4.15. The Balaban J connectivity index is 1.48. The molecule has 1 N–H and O–H groups in total. The van der Waals surface area contributed by atoms with Crippen LogP contribution in [0.15, 0.2) is 30.7 Å². The van der Waals surface area contributed by atoms with E-state index in [1.165, 1.54) is 36.1 Å². The van der Waals surface area contributed by atoms with Crippen LogP contribution in [0.25, 0.3) is 0 Å². The summed E-state index contributed by atoms with van der Waals surface area (Å²) in [4.78, 5) is 7.11. The van der Waals surface area contributed by atoms with Crippen LogP contribution in [-0.2, 0) is 19.3 Å². The summed E-state index contributed by atoms with van der Waals surface area (Å²) in [6, 6.07) is 6.52. The predicted octanol–water partition coefficient (Wildman–Crippen LogP) is 2.91. The van der Waals surface area contributed by atoms with Gasteiger partial charge in [0.25, 0.3) is 0 Å². The van der Waals surface area contributed by atoms with Crippen molar-refractivity contribution >= 4 is 0 Å². The van der Waals surface area contributed by atoms with Gasteiger partial charge in [-0.3, -0.25) is 0 Å². The van der Waals surface area contributed by atoms with Crippen LogP contribution >= 0.6 is 0 Å². The Morgan fingerprint density at radius 1 is 1.22 bits per heavy atom. The molecule has 1 aliphatic rings. The van der Waals surface area contributed by atoms with Gasteiger partial charge in [0.05, 0.1) is 12.9 Å². The van der Waals surface area contributed by atoms with Gasteiger partial charge in [0.15, 0.2) is 0 Å². The van der Waals surface area contributed by atoms with Gasteiger partial charge < -0.3 is 9.72 Å². The minimum absolute atomic E-state index is 0.762. The minimum atomic E-state index is 0.762. The van der Waals surface area contributed by atoms with Crippen molar-refractivity contribution in [2.24, 2.45) is 0 Å². The molecule has 0 saturated carbocycles. The molecule has 3 rings (SSSR count). The molecule has 0 spiro atoms. The third-order valence-corrected chi connectivity index (χ3v) is 3.48. The largest absolute Gasteiger partial charge is 0.494 e. The molecule has 0 atom stereocenters. The molecule has 94 valence electrons. The van der Waals surface area contributed by atoms with Crippen LogP contribution in [0, 0.1) is 0 Å². The zero-order chi connectivity index (χ0) is 12.2. The lowest BCUT2D eigenvalue weighted by atomic mass is 10.1. The number of hydrogen-bond donors (Lipinski definition) is 1. The number of hydrogen-bond acceptors (Lipinski definition) is 2. The number of aromatic amines is 1. The van der Waals surface area contributed by atoms with E-state index in [2.05, 4.69) is 28.2 Å². The molecule has 0 amide bonds. The molecular weight excluding hydrogens is 224 g/mol. The molecule has 3 heteroatoms. The van der Waals surface area contributed by atoms with Crippen LogP contribution in [-0.4, -0.2) is 16.6 Å². The second kappa shape index (κ2) is 5.25. The smallest absolute Gasteiger partial charge is 0.119 e. The highest BCUT2D eigenvalue weighted by Crippen LogP contribution is 2.26. The Hall–Kier alpha value is -1.77. The highest BCUT2D eigenvalue weighted by atomic mass is 16.5. The summed E-state index contributed by atoms with van der Waals surface area (Å²) >= 11 is 0. The standard InChI is InChI=1S/C15H18N2O/c1-3-12-6-7-15(9-13(12)4-1)18-8-2-5-14-10-16-11-17-14/h6-7,9-11H,1-5,8H2,(H,16,17). The first-order valence-corrected chi connectivity index (χ1v) is 6.64. The summed E-state index contributed by atoms with van der Waals surface area (Å²) < 4.78 is 5.80. The first-order valence-electron chi connectivity index (χ1n) is 6.64. The van der Waals surface area contributed by atoms with Crippen LogP contribution in [0.1, 0.15) is 29.7 Å². The van der Waals surface area contributed by atoms with Gasteiger partial charge in [-0.15, -0.1) is 0 Å². The molecule has 1 aromatic carbocycles. The van der Waals surface area contributed by atoms with Crippen molar-refractivity contribution in [3.8, 4) is 5.75 Å². The molecule has 18 heavy (non-hydrogen) atoms. The number of H-pyrrole nitrogens is 1. The second-order valence-corrected chi connectivity index (χ2v) is 4.81. The van der Waals surface area contributed by atoms with E-state index >= 15 is 0 Å². The zero-order valence-corrected chi connectivity index (χ0v) is 10.5. The molecular formula is C15H18N2O. The zero-order valence-electron chi connectivity index (χ0n) is 10.5. The van der Waals surface area contributed by atoms with Gasteiger partial charge in [-0.2, -0.15) is 0 Å². The fourth-order valence-corrected chi connectivity index (χ4v) is 2.51. The van der Waals surface area contributed by atoms with Gasteiger partial charge in [0.1, 0.15) is 5.75 Å². The lowest BCUT2D eigenvalue weighted by Gasteiger charge is -2.07. The van der Waals surface area contributed by atoms with Crippen molar-refractivity contribution in [1.29, 1.82) is 0 Å². The number of nitrogens with zero attached hydrogens (tertiary/aromatic N) is 1. The maximum atomic E-state index is 5.80. The Labute approximate surface area is 107 Å². The lowest BCUT2D eigenvalue weighted by molar-refractivity contribution is 0.310. The molecule has 0 unspecified atom stereocenters. The number of nitrogens with one attached hydrogen (secondary N) is 1. The first kappa shape index (κ1) is 11.3. The number of rotatable bonds is 5. The van der Waals surface area contributed by atoms with E-state index in [4.69, 9.17) is 4.74 Å². The Morgan fingerprint density at radius 3 is 3.06 bits per heavy atom. The van der Waals surface area contributed by atoms with Crippen LogP contribution in [0.2, 0.25) is 0 Å². The van der Waals surface area contributed by atoms with Gasteiger partial charge in [-0.25, -0.2) is 4.98 Å². The average Bonchev–Trinajstić information content (AvgIpc) is 3.05. The van der Waals surface area contributed by atoms with E-state index < -0.39 is 0 Å². The van der Waals surface area contributed by atoms with Crippen molar-refractivity contribution in [2.75, 3.05) is 6.61 Å². The van der Waals surface area contributed by atoms with E-state index in [0.29, 0.717) is 0 Å². The van der Waals surface area contributed by atoms with Gasteiger partial charge in [0.2, 0.25) is 0 Å². The number of imidazole rings is 1. The van der Waals surface area contributed by atoms with E-state index in [9.17, 15) is 0 Å². The maximum Gasteiger partial charge on any atom is 0.119 e. The molecule has 0 saturated heterocycles. The van der Waals surface area contributed by atoms with Gasteiger partial charge in [-0.05, 0) is 55.4 Å². The topological polar surface area (TPSA) is 37.9 Å². The molecule has 3 nitrogen and oxygen atoms in total. The summed E-state index contributed by atoms with van der Waals surface area (Å²) in [7, 11) is 0. The van der Waals surface area contributed by atoms with Crippen molar-refractivity contribution in [2.45, 2.75) is 32.1 Å². The van der Waals surface area contributed by atoms with Gasteiger partial charge in [0, 0.05) is 11.9 Å². The van der Waals surface area contributed by atoms with E-state index in [1.807, 2.05) is 6.20 Å². The quantitative estimate of drug-likeness (QED) is 0.819. The molecule has 0 bridgehead atoms. The fourth-order valence-electron chi connectivity index (χ4n) is 2.51. The molecule has 1 aromatic heterocycles. The molecule has 2 aromatic rings. The van der Waals surface area contributed by atoms with Crippen molar-refractivity contribution in [3.05, 3.63) is 47.5 Å². The predicted molar refractivity (Wildman–Crippen MR) is 70.9 cm³/mol. The monoisotopic (exact) mass is 242 g/mol. The number of aromatic nitrogens is 2. The SMILES string of the molecule is c1ncc(CCCOc2ccc3c(c2)CCC3)[nH]1. The molecule has 1 heterocycles. The van der Waals surface area contributed by atoms with Gasteiger partial charge in [-0.1, -0.05) is 6.07 Å². The highest BCUT2D eigenvalue weighted by molar-refractivity contribution is 5.38. The Bertz CT molecular complexity index is 505. The first-order chi connectivity index (χ1) is 8.92. The molecule has 0 aliphatic heterocycles. The van der Waals surface area contributed by atoms with Crippen LogP contribution in [0.4, 0.5) is 0 Å². The number of aryl methyl sites for hydroxylation is 3. The highest BCUT2D eigenvalue weighted by Gasteiger charge is 2.10. The third-order valence-electron chi connectivity index (χ3n) is 3.48. The number of fused-ring (bicyclic) bond motifs is 1. The number of benzene rings is 1.